The average molecular weight is 987 g/mol. The number of benzene rings is 4. The maximum atomic E-state index is 13.8. The van der Waals surface area contributed by atoms with Gasteiger partial charge in [-0.2, -0.15) is 0 Å². The Labute approximate surface area is 422 Å². The van der Waals surface area contributed by atoms with E-state index in [0.29, 0.717) is 23.1 Å². The molecule has 384 valence electrons. The second-order valence-corrected chi connectivity index (χ2v) is 20.4. The summed E-state index contributed by atoms with van der Waals surface area (Å²) >= 11 is 0. The van der Waals surface area contributed by atoms with Crippen LogP contribution < -0.4 is 43.0 Å². The van der Waals surface area contributed by atoms with E-state index in [9.17, 15) is 43.2 Å². The molecule has 4 aromatic rings. The minimum absolute atomic E-state index is 0.0838. The van der Waals surface area contributed by atoms with Gasteiger partial charge in [0.05, 0.1) is 11.6 Å². The van der Waals surface area contributed by atoms with Crippen LogP contribution in [0.2, 0.25) is 0 Å². The summed E-state index contributed by atoms with van der Waals surface area (Å²) in [5.41, 5.74) is 4.59. The molecule has 0 aromatic heterocycles. The highest BCUT2D eigenvalue weighted by Crippen LogP contribution is 2.16. The van der Waals surface area contributed by atoms with Crippen LogP contribution in [-0.2, 0) is 57.6 Å². The SMILES string of the molecule is CC(=O)C(Cc1ccc(C(=O)c2ccccc2)cc1)NC(=O)C(C)(C)NC(=O)C(C)NC(=O)C(C)(C)NC(=O)C(C)NC(=O)C(C)(C)NC(=O)C(Cc1ccc(Cc2ccccc2)cc1)NC(=O)C(C)(C)N. The van der Waals surface area contributed by atoms with Crippen LogP contribution >= 0.6 is 0 Å². The minimum atomic E-state index is -1.62. The Kier molecular flexibility index (Phi) is 19.1. The normalized spacial score (nSPS) is 13.4. The van der Waals surface area contributed by atoms with E-state index in [4.69, 9.17) is 5.73 Å². The summed E-state index contributed by atoms with van der Waals surface area (Å²) in [7, 11) is 0. The fraction of sp³-hybridized carbons (Fsp3) is 0.400. The molecule has 4 unspecified atom stereocenters. The largest absolute Gasteiger partial charge is 0.344 e. The summed E-state index contributed by atoms with van der Waals surface area (Å²) in [6.07, 6.45) is 0.915. The Morgan fingerprint density at radius 1 is 0.431 bits per heavy atom. The lowest BCUT2D eigenvalue weighted by molar-refractivity contribution is -0.138. The molecule has 9 N–H and O–H groups in total. The average Bonchev–Trinajstić information content (AvgIpc) is 3.31. The van der Waals surface area contributed by atoms with Crippen molar-refractivity contribution in [3.8, 4) is 0 Å². The van der Waals surface area contributed by atoms with Gasteiger partial charge < -0.3 is 43.0 Å². The van der Waals surface area contributed by atoms with E-state index in [1.807, 2.05) is 60.7 Å². The lowest BCUT2D eigenvalue weighted by Gasteiger charge is -2.32. The third-order valence-electron chi connectivity index (χ3n) is 11.9. The lowest BCUT2D eigenvalue weighted by atomic mass is 9.97. The van der Waals surface area contributed by atoms with Crippen molar-refractivity contribution >= 4 is 52.9 Å². The Balaban J connectivity index is 1.30. The molecule has 0 saturated carbocycles. The van der Waals surface area contributed by atoms with Crippen molar-refractivity contribution in [1.29, 1.82) is 0 Å². The van der Waals surface area contributed by atoms with Crippen LogP contribution in [0.15, 0.2) is 109 Å². The standard InChI is InChI=1S/C55H70N8O9/c1-33(58-50(71)54(8,9)63-47(68)43(60-48(69)52(4,5)56)32-38-24-22-37(23-25-38)30-36-18-14-12-15-19-36)45(66)61-53(6,7)49(70)57-34(2)46(67)62-55(10,11)51(72)59-42(35(3)64)31-39-26-28-41(29-27-39)44(65)40-20-16-13-17-21-40/h12-29,33-34,42-43H,30-32,56H2,1-11H3,(H,57,70)(H,58,71)(H,59,72)(H,60,69)(H,61,66)(H,62,67)(H,63,68). The third kappa shape index (κ3) is 16.5. The number of amides is 7. The smallest absolute Gasteiger partial charge is 0.245 e. The Morgan fingerprint density at radius 2 is 0.778 bits per heavy atom. The van der Waals surface area contributed by atoms with Crippen molar-refractivity contribution < 1.29 is 43.2 Å². The maximum Gasteiger partial charge on any atom is 0.245 e. The number of carbonyl (C=O) groups excluding carboxylic acids is 9. The van der Waals surface area contributed by atoms with Crippen LogP contribution in [0.4, 0.5) is 0 Å². The summed E-state index contributed by atoms with van der Waals surface area (Å²) in [6, 6.07) is 28.6. The molecule has 0 bridgehead atoms. The summed E-state index contributed by atoms with van der Waals surface area (Å²) < 4.78 is 0. The molecule has 0 heterocycles. The first-order valence-electron chi connectivity index (χ1n) is 23.8. The molecule has 17 nitrogen and oxygen atoms in total. The molecule has 0 saturated heterocycles. The number of rotatable bonds is 23. The highest BCUT2D eigenvalue weighted by Gasteiger charge is 2.39. The fourth-order valence-electron chi connectivity index (χ4n) is 7.12. The van der Waals surface area contributed by atoms with Gasteiger partial charge >= 0.3 is 0 Å². The molecule has 0 aliphatic rings. The predicted octanol–water partition coefficient (Wildman–Crippen LogP) is 3.28. The van der Waals surface area contributed by atoms with Crippen molar-refractivity contribution in [3.05, 3.63) is 143 Å². The quantitative estimate of drug-likeness (QED) is 0.0503. The first-order valence-corrected chi connectivity index (χ1v) is 23.8. The number of hydrogen-bond acceptors (Lipinski definition) is 10. The topological polar surface area (TPSA) is 264 Å². The van der Waals surface area contributed by atoms with E-state index in [2.05, 4.69) is 37.2 Å². The summed E-state index contributed by atoms with van der Waals surface area (Å²) in [6.45, 7) is 15.6. The zero-order valence-corrected chi connectivity index (χ0v) is 43.1. The predicted molar refractivity (Wildman–Crippen MR) is 274 cm³/mol. The zero-order chi connectivity index (χ0) is 53.8. The summed E-state index contributed by atoms with van der Waals surface area (Å²) in [4.78, 5) is 120. The van der Waals surface area contributed by atoms with Gasteiger partial charge in [0.25, 0.3) is 0 Å². The maximum absolute atomic E-state index is 13.8. The minimum Gasteiger partial charge on any atom is -0.344 e. The third-order valence-corrected chi connectivity index (χ3v) is 11.9. The van der Waals surface area contributed by atoms with Crippen LogP contribution in [0.5, 0.6) is 0 Å². The van der Waals surface area contributed by atoms with E-state index >= 15 is 0 Å². The van der Waals surface area contributed by atoms with Gasteiger partial charge in [0.15, 0.2) is 11.6 Å². The number of nitrogens with one attached hydrogen (secondary N) is 7. The first kappa shape index (κ1) is 57.1. The molecule has 0 fully saturated rings. The number of carbonyl (C=O) groups is 9. The lowest BCUT2D eigenvalue weighted by Crippen LogP contribution is -2.65. The number of Topliss-reactive ketones (excluding diaryl/α,β-unsaturated/α-hetero) is 1. The number of ketones is 2. The van der Waals surface area contributed by atoms with Crippen molar-refractivity contribution in [1.82, 2.24) is 37.2 Å². The van der Waals surface area contributed by atoms with Crippen LogP contribution in [0.3, 0.4) is 0 Å². The molecule has 0 spiro atoms. The molecular weight excluding hydrogens is 917 g/mol. The molecule has 72 heavy (non-hydrogen) atoms. The van der Waals surface area contributed by atoms with E-state index in [1.165, 1.54) is 76.2 Å². The zero-order valence-electron chi connectivity index (χ0n) is 43.1. The molecule has 0 aliphatic heterocycles. The second kappa shape index (κ2) is 24.1. The van der Waals surface area contributed by atoms with Crippen LogP contribution in [0.25, 0.3) is 0 Å². The van der Waals surface area contributed by atoms with Crippen LogP contribution in [-0.4, -0.2) is 99.2 Å². The number of nitrogens with two attached hydrogens (primary N) is 1. The highest BCUT2D eigenvalue weighted by molar-refractivity contribution is 6.09. The molecule has 17 heteroatoms. The van der Waals surface area contributed by atoms with Gasteiger partial charge in [0, 0.05) is 17.5 Å². The van der Waals surface area contributed by atoms with E-state index in [0.717, 1.165) is 16.7 Å². The highest BCUT2D eigenvalue weighted by atomic mass is 16.2. The monoisotopic (exact) mass is 987 g/mol. The van der Waals surface area contributed by atoms with Crippen molar-refractivity contribution in [2.75, 3.05) is 0 Å². The molecular formula is C55H70N8O9. The van der Waals surface area contributed by atoms with Crippen molar-refractivity contribution in [3.63, 3.8) is 0 Å². The number of hydrogen-bond donors (Lipinski definition) is 8. The van der Waals surface area contributed by atoms with E-state index in [-0.39, 0.29) is 24.4 Å². The molecule has 0 radical (unpaired) electrons. The van der Waals surface area contributed by atoms with Crippen LogP contribution in [0.1, 0.15) is 114 Å². The molecule has 0 aliphatic carbocycles. The Bertz CT molecular complexity index is 2610. The Hall–Kier alpha value is -7.53. The fourth-order valence-corrected chi connectivity index (χ4v) is 7.12. The van der Waals surface area contributed by atoms with Gasteiger partial charge in [-0.15, -0.1) is 0 Å². The summed E-state index contributed by atoms with van der Waals surface area (Å²) in [5, 5.41) is 18.4. The Morgan fingerprint density at radius 3 is 1.22 bits per heavy atom. The van der Waals surface area contributed by atoms with Gasteiger partial charge in [-0.25, -0.2) is 0 Å². The van der Waals surface area contributed by atoms with Gasteiger partial charge in [-0.1, -0.05) is 109 Å². The van der Waals surface area contributed by atoms with Gasteiger partial charge in [-0.3, -0.25) is 43.2 Å². The molecule has 4 atom stereocenters. The molecule has 4 rings (SSSR count). The van der Waals surface area contributed by atoms with Crippen molar-refractivity contribution in [2.24, 2.45) is 5.73 Å². The molecule has 7 amide bonds. The second-order valence-electron chi connectivity index (χ2n) is 20.4. The van der Waals surface area contributed by atoms with E-state index in [1.54, 1.807) is 48.5 Å². The first-order chi connectivity index (χ1) is 33.5. The molecule has 4 aromatic carbocycles. The van der Waals surface area contributed by atoms with Gasteiger partial charge in [0.2, 0.25) is 41.4 Å². The van der Waals surface area contributed by atoms with Crippen molar-refractivity contribution in [2.45, 2.75) is 142 Å². The van der Waals surface area contributed by atoms with Gasteiger partial charge in [0.1, 0.15) is 34.7 Å². The van der Waals surface area contributed by atoms with Crippen LogP contribution in [0, 0.1) is 0 Å². The summed E-state index contributed by atoms with van der Waals surface area (Å²) in [5.74, 6) is -5.42. The van der Waals surface area contributed by atoms with Gasteiger partial charge in [-0.05, 0) is 111 Å². The van der Waals surface area contributed by atoms with E-state index < -0.39 is 87.7 Å².